The average molecular weight is 182 g/mol. The predicted octanol–water partition coefficient (Wildman–Crippen LogP) is 0.490. The van der Waals surface area contributed by atoms with Crippen LogP contribution in [0.3, 0.4) is 0 Å². The zero-order valence-corrected chi connectivity index (χ0v) is 7.68. The molecule has 0 amide bonds. The Kier molecular flexibility index (Phi) is 2.33. The van der Waals surface area contributed by atoms with Crippen LogP contribution in [0, 0.1) is 5.92 Å². The normalized spacial score (nSPS) is 28.2. The molecule has 2 unspecified atom stereocenters. The summed E-state index contributed by atoms with van der Waals surface area (Å²) in [5, 5.41) is 9.12. The zero-order chi connectivity index (χ0) is 9.26. The van der Waals surface area contributed by atoms with Crippen molar-refractivity contribution in [3.8, 4) is 0 Å². The van der Waals surface area contributed by atoms with Gasteiger partial charge in [0.05, 0.1) is 18.2 Å². The topological polar surface area (TPSA) is 47.3 Å². The van der Waals surface area contributed by atoms with Crippen molar-refractivity contribution in [1.82, 2.24) is 9.55 Å². The van der Waals surface area contributed by atoms with E-state index in [4.69, 9.17) is 9.84 Å². The molecule has 1 aromatic heterocycles. The zero-order valence-electron chi connectivity index (χ0n) is 7.68. The minimum Gasteiger partial charge on any atom is -0.396 e. The second kappa shape index (κ2) is 3.47. The van der Waals surface area contributed by atoms with E-state index in [-0.39, 0.29) is 18.6 Å². The van der Waals surface area contributed by atoms with Crippen LogP contribution in [-0.2, 0) is 11.8 Å². The highest BCUT2D eigenvalue weighted by molar-refractivity contribution is 5.05. The molecule has 2 rings (SSSR count). The third-order valence-corrected chi connectivity index (χ3v) is 2.59. The maximum absolute atomic E-state index is 9.12. The van der Waals surface area contributed by atoms with Crippen molar-refractivity contribution in [3.05, 3.63) is 18.2 Å². The minimum atomic E-state index is 0.0255. The van der Waals surface area contributed by atoms with Crippen LogP contribution < -0.4 is 0 Å². The Morgan fingerprint density at radius 2 is 2.62 bits per heavy atom. The highest BCUT2D eigenvalue weighted by Gasteiger charge is 2.30. The fourth-order valence-electron chi connectivity index (χ4n) is 1.79. The Labute approximate surface area is 77.2 Å². The Balaban J connectivity index is 2.20. The van der Waals surface area contributed by atoms with Crippen LogP contribution >= 0.6 is 0 Å². The van der Waals surface area contributed by atoms with Gasteiger partial charge in [0.2, 0.25) is 0 Å². The van der Waals surface area contributed by atoms with Crippen LogP contribution in [0.25, 0.3) is 0 Å². The molecule has 1 saturated heterocycles. The van der Waals surface area contributed by atoms with E-state index in [1.165, 1.54) is 0 Å². The molecule has 72 valence electrons. The smallest absolute Gasteiger partial charge is 0.104 e. The van der Waals surface area contributed by atoms with Crippen molar-refractivity contribution in [3.63, 3.8) is 0 Å². The van der Waals surface area contributed by atoms with Crippen molar-refractivity contribution >= 4 is 0 Å². The molecule has 1 fully saturated rings. The number of hydrogen-bond acceptors (Lipinski definition) is 3. The molecule has 0 aliphatic carbocycles. The molecule has 0 radical (unpaired) electrons. The lowest BCUT2D eigenvalue weighted by Crippen LogP contribution is -2.14. The quantitative estimate of drug-likeness (QED) is 0.724. The van der Waals surface area contributed by atoms with Gasteiger partial charge in [0.25, 0.3) is 0 Å². The third kappa shape index (κ3) is 1.47. The number of rotatable bonds is 2. The van der Waals surface area contributed by atoms with E-state index in [9.17, 15) is 0 Å². The van der Waals surface area contributed by atoms with Crippen molar-refractivity contribution < 1.29 is 9.84 Å². The van der Waals surface area contributed by atoms with E-state index < -0.39 is 0 Å². The first-order valence-corrected chi connectivity index (χ1v) is 4.51. The first kappa shape index (κ1) is 8.72. The number of hydrogen-bond donors (Lipinski definition) is 1. The molecule has 0 saturated carbocycles. The molecule has 1 aliphatic rings. The van der Waals surface area contributed by atoms with Gasteiger partial charge in [-0.2, -0.15) is 0 Å². The van der Waals surface area contributed by atoms with Crippen LogP contribution in [-0.4, -0.2) is 27.9 Å². The first-order chi connectivity index (χ1) is 6.33. The Hall–Kier alpha value is -0.870. The van der Waals surface area contributed by atoms with Gasteiger partial charge >= 0.3 is 0 Å². The van der Waals surface area contributed by atoms with Gasteiger partial charge in [-0.1, -0.05) is 0 Å². The molecule has 4 nitrogen and oxygen atoms in total. The Morgan fingerprint density at radius 1 is 1.77 bits per heavy atom. The summed E-state index contributed by atoms with van der Waals surface area (Å²) in [4.78, 5) is 4.04. The lowest BCUT2D eigenvalue weighted by atomic mass is 10.0. The maximum atomic E-state index is 9.12. The maximum Gasteiger partial charge on any atom is 0.104 e. The monoisotopic (exact) mass is 182 g/mol. The number of nitrogens with zero attached hydrogens (tertiary/aromatic N) is 2. The van der Waals surface area contributed by atoms with Gasteiger partial charge in [-0.05, 0) is 6.42 Å². The summed E-state index contributed by atoms with van der Waals surface area (Å²) in [6.45, 7) is 0.928. The van der Waals surface area contributed by atoms with Gasteiger partial charge in [-0.25, -0.2) is 4.98 Å². The fraction of sp³-hybridized carbons (Fsp3) is 0.667. The molecule has 0 bridgehead atoms. The summed E-state index contributed by atoms with van der Waals surface area (Å²) in [6.07, 6.45) is 4.52. The summed E-state index contributed by atoms with van der Waals surface area (Å²) < 4.78 is 7.50. The van der Waals surface area contributed by atoms with Gasteiger partial charge in [-0.3, -0.25) is 0 Å². The third-order valence-electron chi connectivity index (χ3n) is 2.59. The van der Waals surface area contributed by atoms with Gasteiger partial charge < -0.3 is 14.4 Å². The van der Waals surface area contributed by atoms with Gasteiger partial charge in [0.15, 0.2) is 0 Å². The second-order valence-electron chi connectivity index (χ2n) is 3.45. The van der Waals surface area contributed by atoms with Crippen LogP contribution in [0.4, 0.5) is 0 Å². The summed E-state index contributed by atoms with van der Waals surface area (Å²) in [6, 6.07) is 0. The molecule has 0 spiro atoms. The highest BCUT2D eigenvalue weighted by Crippen LogP contribution is 2.33. The fourth-order valence-corrected chi connectivity index (χ4v) is 1.79. The van der Waals surface area contributed by atoms with Crippen LogP contribution in [0.5, 0.6) is 0 Å². The highest BCUT2D eigenvalue weighted by atomic mass is 16.5. The van der Waals surface area contributed by atoms with Crippen molar-refractivity contribution in [2.45, 2.75) is 12.5 Å². The molecule has 1 aromatic rings. The second-order valence-corrected chi connectivity index (χ2v) is 3.45. The molecule has 13 heavy (non-hydrogen) atoms. The molecule has 1 N–H and O–H groups in total. The minimum absolute atomic E-state index is 0.0255. The number of aromatic nitrogens is 2. The van der Waals surface area contributed by atoms with Crippen LogP contribution in [0.2, 0.25) is 0 Å². The lowest BCUT2D eigenvalue weighted by molar-refractivity contribution is 0.0668. The molecule has 2 heterocycles. The van der Waals surface area contributed by atoms with Crippen LogP contribution in [0.15, 0.2) is 12.5 Å². The molecule has 0 aromatic carbocycles. The Bertz CT molecular complexity index is 285. The molecule has 2 atom stereocenters. The van der Waals surface area contributed by atoms with Gasteiger partial charge in [0.1, 0.15) is 6.10 Å². The predicted molar refractivity (Wildman–Crippen MR) is 47.1 cm³/mol. The summed E-state index contributed by atoms with van der Waals surface area (Å²) in [7, 11) is 1.94. The van der Waals surface area contributed by atoms with E-state index in [0.29, 0.717) is 0 Å². The SMILES string of the molecule is Cn1cncc1C1OCCC1CO. The summed E-state index contributed by atoms with van der Waals surface area (Å²) in [5.41, 5.74) is 1.05. The van der Waals surface area contributed by atoms with Crippen LogP contribution in [0.1, 0.15) is 18.2 Å². The summed E-state index contributed by atoms with van der Waals surface area (Å²) in [5.74, 6) is 0.232. The van der Waals surface area contributed by atoms with Gasteiger partial charge in [0, 0.05) is 26.2 Å². The number of aryl methyl sites for hydroxylation is 1. The van der Waals surface area contributed by atoms with Gasteiger partial charge in [-0.15, -0.1) is 0 Å². The standard InChI is InChI=1S/C9H14N2O2/c1-11-6-10-4-8(11)9-7(5-12)2-3-13-9/h4,6-7,9,12H,2-3,5H2,1H3. The van der Waals surface area contributed by atoms with E-state index in [1.807, 2.05) is 11.6 Å². The number of ether oxygens (including phenoxy) is 1. The van der Waals surface area contributed by atoms with E-state index in [2.05, 4.69) is 4.98 Å². The largest absolute Gasteiger partial charge is 0.396 e. The Morgan fingerprint density at radius 3 is 3.23 bits per heavy atom. The van der Waals surface area contributed by atoms with Crippen molar-refractivity contribution in [2.75, 3.05) is 13.2 Å². The lowest BCUT2D eigenvalue weighted by Gasteiger charge is -2.16. The average Bonchev–Trinajstić information content (AvgIpc) is 2.71. The number of imidazole rings is 1. The first-order valence-electron chi connectivity index (χ1n) is 4.51. The summed E-state index contributed by atoms with van der Waals surface area (Å²) >= 11 is 0. The molecule has 1 aliphatic heterocycles. The molecular formula is C9H14N2O2. The number of aliphatic hydroxyl groups is 1. The molecule has 4 heteroatoms. The van der Waals surface area contributed by atoms with E-state index >= 15 is 0 Å². The van der Waals surface area contributed by atoms with Crippen molar-refractivity contribution in [2.24, 2.45) is 13.0 Å². The van der Waals surface area contributed by atoms with Crippen molar-refractivity contribution in [1.29, 1.82) is 0 Å². The molecular weight excluding hydrogens is 168 g/mol. The number of aliphatic hydroxyl groups excluding tert-OH is 1. The van der Waals surface area contributed by atoms with E-state index in [0.717, 1.165) is 18.7 Å². The van der Waals surface area contributed by atoms with E-state index in [1.54, 1.807) is 12.5 Å².